The molecule has 1 aliphatic heterocycles. The molecule has 0 aromatic heterocycles. The first kappa shape index (κ1) is 10.8. The summed E-state index contributed by atoms with van der Waals surface area (Å²) in [6.45, 7) is 4.31. The molecule has 14 heavy (non-hydrogen) atoms. The zero-order chi connectivity index (χ0) is 10.0. The Hall–Kier alpha value is 0.270. The van der Waals surface area contributed by atoms with Crippen LogP contribution in [0.2, 0.25) is 0 Å². The van der Waals surface area contributed by atoms with Gasteiger partial charge in [0.05, 0.1) is 6.10 Å². The van der Waals surface area contributed by atoms with Gasteiger partial charge in [-0.15, -0.1) is 0 Å². The van der Waals surface area contributed by atoms with Crippen LogP contribution in [0.1, 0.15) is 32.6 Å². The fourth-order valence-electron chi connectivity index (χ4n) is 2.11. The maximum Gasteiger partial charge on any atom is 0.0561 e. The second-order valence-corrected chi connectivity index (χ2v) is 5.95. The topological polar surface area (TPSA) is 21.3 Å². The third-order valence-electron chi connectivity index (χ3n) is 3.44. The Morgan fingerprint density at radius 3 is 2.86 bits per heavy atom. The lowest BCUT2D eigenvalue weighted by atomic mass is 10.0. The summed E-state index contributed by atoms with van der Waals surface area (Å²) in [4.78, 5) is 0. The third kappa shape index (κ3) is 2.65. The van der Waals surface area contributed by atoms with Crippen molar-refractivity contribution in [2.75, 3.05) is 19.4 Å². The molecule has 0 radical (unpaired) electrons. The van der Waals surface area contributed by atoms with Gasteiger partial charge >= 0.3 is 0 Å². The molecule has 1 aliphatic carbocycles. The van der Waals surface area contributed by atoms with Crippen LogP contribution < -0.4 is 5.32 Å². The molecule has 1 heterocycles. The first-order valence-electron chi connectivity index (χ1n) is 5.64. The lowest BCUT2D eigenvalue weighted by Gasteiger charge is -2.29. The zero-order valence-electron chi connectivity index (χ0n) is 9.21. The van der Waals surface area contributed by atoms with E-state index in [0.29, 0.717) is 16.9 Å². The summed E-state index contributed by atoms with van der Waals surface area (Å²) < 4.78 is 6.14. The quantitative estimate of drug-likeness (QED) is 0.775. The van der Waals surface area contributed by atoms with Crippen molar-refractivity contribution in [1.82, 2.24) is 5.32 Å². The Morgan fingerprint density at radius 1 is 1.50 bits per heavy atom. The molecule has 0 aromatic rings. The average molecular weight is 215 g/mol. The molecule has 1 saturated heterocycles. The average Bonchev–Trinajstić information content (AvgIpc) is 2.96. The van der Waals surface area contributed by atoms with E-state index in [4.69, 9.17) is 4.74 Å². The maximum absolute atomic E-state index is 5.54. The smallest absolute Gasteiger partial charge is 0.0561 e. The fraction of sp³-hybridized carbons (Fsp3) is 1.00. The van der Waals surface area contributed by atoms with Crippen LogP contribution in [0.25, 0.3) is 0 Å². The second kappa shape index (κ2) is 4.42. The van der Waals surface area contributed by atoms with Crippen LogP contribution >= 0.6 is 11.8 Å². The van der Waals surface area contributed by atoms with Gasteiger partial charge in [-0.3, -0.25) is 0 Å². The van der Waals surface area contributed by atoms with E-state index in [0.717, 1.165) is 6.61 Å². The van der Waals surface area contributed by atoms with Crippen LogP contribution in [0.15, 0.2) is 0 Å². The zero-order valence-corrected chi connectivity index (χ0v) is 10.0. The molecule has 3 heteroatoms. The molecular weight excluding hydrogens is 194 g/mol. The van der Waals surface area contributed by atoms with Crippen LogP contribution in [-0.2, 0) is 4.74 Å². The minimum Gasteiger partial charge on any atom is -0.378 e. The molecule has 1 saturated carbocycles. The highest BCUT2D eigenvalue weighted by Crippen LogP contribution is 2.46. The van der Waals surface area contributed by atoms with Gasteiger partial charge < -0.3 is 10.1 Å². The first-order chi connectivity index (χ1) is 6.74. The number of hydrogen-bond donors (Lipinski definition) is 1. The minimum atomic E-state index is 0.450. The lowest BCUT2D eigenvalue weighted by Crippen LogP contribution is -2.41. The van der Waals surface area contributed by atoms with Crippen LogP contribution in [0.4, 0.5) is 0 Å². The van der Waals surface area contributed by atoms with Gasteiger partial charge in [-0.05, 0) is 38.9 Å². The molecule has 2 unspecified atom stereocenters. The Balaban J connectivity index is 1.69. The van der Waals surface area contributed by atoms with Crippen molar-refractivity contribution in [3.8, 4) is 0 Å². The van der Waals surface area contributed by atoms with Gasteiger partial charge in [0.1, 0.15) is 0 Å². The predicted molar refractivity (Wildman–Crippen MR) is 61.9 cm³/mol. The van der Waals surface area contributed by atoms with E-state index >= 15 is 0 Å². The monoisotopic (exact) mass is 215 g/mol. The van der Waals surface area contributed by atoms with Crippen molar-refractivity contribution < 1.29 is 4.74 Å². The number of hydrogen-bond acceptors (Lipinski definition) is 3. The molecule has 2 fully saturated rings. The van der Waals surface area contributed by atoms with Crippen molar-refractivity contribution in [3.05, 3.63) is 0 Å². The second-order valence-electron chi connectivity index (χ2n) is 4.67. The van der Waals surface area contributed by atoms with Crippen LogP contribution in [-0.4, -0.2) is 36.3 Å². The summed E-state index contributed by atoms with van der Waals surface area (Å²) in [5.74, 6) is 0. The van der Waals surface area contributed by atoms with Gasteiger partial charge in [0.2, 0.25) is 0 Å². The predicted octanol–water partition coefficient (Wildman–Crippen LogP) is 2.04. The normalized spacial score (nSPS) is 35.6. The van der Waals surface area contributed by atoms with E-state index in [-0.39, 0.29) is 0 Å². The molecule has 2 nitrogen and oxygen atoms in total. The Bertz CT molecular complexity index is 194. The van der Waals surface area contributed by atoms with Crippen LogP contribution in [0, 0.1) is 0 Å². The van der Waals surface area contributed by atoms with Gasteiger partial charge in [0.15, 0.2) is 0 Å². The molecule has 0 spiro atoms. The lowest BCUT2D eigenvalue weighted by molar-refractivity contribution is 0.0134. The standard InChI is InChI=1S/C11H21NOS/c1-9-7-10(3-6-13-9)12-8-11(14-2)4-5-11/h9-10,12H,3-8H2,1-2H3. The van der Waals surface area contributed by atoms with Crippen molar-refractivity contribution in [2.45, 2.75) is 49.5 Å². The van der Waals surface area contributed by atoms with Gasteiger partial charge in [-0.25, -0.2) is 0 Å². The van der Waals surface area contributed by atoms with Gasteiger partial charge in [0, 0.05) is 23.9 Å². The largest absolute Gasteiger partial charge is 0.378 e. The summed E-state index contributed by atoms with van der Waals surface area (Å²) in [6.07, 6.45) is 7.87. The molecule has 0 aromatic carbocycles. The van der Waals surface area contributed by atoms with Crippen molar-refractivity contribution in [1.29, 1.82) is 0 Å². The van der Waals surface area contributed by atoms with E-state index < -0.39 is 0 Å². The summed E-state index contributed by atoms with van der Waals surface area (Å²) in [7, 11) is 0. The molecule has 2 atom stereocenters. The van der Waals surface area contributed by atoms with Crippen molar-refractivity contribution >= 4 is 11.8 Å². The molecule has 2 aliphatic rings. The molecule has 1 N–H and O–H groups in total. The van der Waals surface area contributed by atoms with Gasteiger partial charge in [-0.2, -0.15) is 11.8 Å². The van der Waals surface area contributed by atoms with Crippen molar-refractivity contribution in [2.24, 2.45) is 0 Å². The molecule has 82 valence electrons. The van der Waals surface area contributed by atoms with E-state index in [1.165, 1.54) is 32.2 Å². The van der Waals surface area contributed by atoms with E-state index in [1.807, 2.05) is 11.8 Å². The number of ether oxygens (including phenoxy) is 1. The van der Waals surface area contributed by atoms with Crippen molar-refractivity contribution in [3.63, 3.8) is 0 Å². The van der Waals surface area contributed by atoms with Gasteiger partial charge in [-0.1, -0.05) is 0 Å². The molecule has 0 amide bonds. The minimum absolute atomic E-state index is 0.450. The SMILES string of the molecule is CSC1(CNC2CCOC(C)C2)CC1. The molecule has 0 bridgehead atoms. The Labute approximate surface area is 91.2 Å². The van der Waals surface area contributed by atoms with E-state index in [1.54, 1.807) is 0 Å². The van der Waals surface area contributed by atoms with Crippen LogP contribution in [0.3, 0.4) is 0 Å². The summed E-state index contributed by atoms with van der Waals surface area (Å²) in [6, 6.07) is 0.698. The third-order valence-corrected chi connectivity index (χ3v) is 4.86. The summed E-state index contributed by atoms with van der Waals surface area (Å²) >= 11 is 2.03. The molecule has 2 rings (SSSR count). The Kier molecular flexibility index (Phi) is 3.40. The molecular formula is C11H21NOS. The Morgan fingerprint density at radius 2 is 2.29 bits per heavy atom. The highest BCUT2D eigenvalue weighted by Gasteiger charge is 2.41. The number of nitrogens with one attached hydrogen (secondary N) is 1. The number of thioether (sulfide) groups is 1. The first-order valence-corrected chi connectivity index (χ1v) is 6.87. The highest BCUT2D eigenvalue weighted by molar-refractivity contribution is 8.00. The number of rotatable bonds is 4. The van der Waals surface area contributed by atoms with E-state index in [2.05, 4.69) is 18.5 Å². The highest BCUT2D eigenvalue weighted by atomic mass is 32.2. The van der Waals surface area contributed by atoms with Crippen LogP contribution in [0.5, 0.6) is 0 Å². The van der Waals surface area contributed by atoms with Gasteiger partial charge in [0.25, 0.3) is 0 Å². The maximum atomic E-state index is 5.54. The summed E-state index contributed by atoms with van der Waals surface area (Å²) in [5, 5.41) is 3.70. The fourth-order valence-corrected chi connectivity index (χ4v) is 2.84. The van der Waals surface area contributed by atoms with E-state index in [9.17, 15) is 0 Å². The summed E-state index contributed by atoms with van der Waals surface area (Å²) in [5.41, 5.74) is 0.